The topological polar surface area (TPSA) is 50.4 Å². The molecule has 1 aromatic carbocycles. The van der Waals surface area contributed by atoms with E-state index >= 15 is 0 Å². The van der Waals surface area contributed by atoms with E-state index in [2.05, 4.69) is 29.7 Å². The van der Waals surface area contributed by atoms with Gasteiger partial charge in [0.25, 0.3) is 0 Å². The smallest absolute Gasteiger partial charge is 0.237 e. The van der Waals surface area contributed by atoms with E-state index < -0.39 is 0 Å². The Bertz CT molecular complexity index is 442. The van der Waals surface area contributed by atoms with Gasteiger partial charge in [0, 0.05) is 13.7 Å². The van der Waals surface area contributed by atoms with Gasteiger partial charge in [-0.1, -0.05) is 37.6 Å². The zero-order valence-electron chi connectivity index (χ0n) is 12.3. The van der Waals surface area contributed by atoms with E-state index in [9.17, 15) is 4.79 Å². The number of methoxy groups -OCH3 is 1. The van der Waals surface area contributed by atoms with Crippen molar-refractivity contribution in [2.24, 2.45) is 0 Å². The number of carbonyl (C=O) groups is 1. The molecular weight excluding hydrogens is 252 g/mol. The second kappa shape index (κ2) is 7.41. The van der Waals surface area contributed by atoms with Crippen LogP contribution in [0, 0.1) is 0 Å². The van der Waals surface area contributed by atoms with Crippen molar-refractivity contribution in [3.8, 4) is 0 Å². The lowest BCUT2D eigenvalue weighted by atomic mass is 9.95. The fraction of sp³-hybridized carbons (Fsp3) is 0.562. The Morgan fingerprint density at radius 1 is 1.45 bits per heavy atom. The first kappa shape index (κ1) is 15.0. The van der Waals surface area contributed by atoms with Crippen LogP contribution in [0.5, 0.6) is 0 Å². The molecule has 1 aromatic rings. The van der Waals surface area contributed by atoms with Gasteiger partial charge in [0.05, 0.1) is 18.7 Å². The summed E-state index contributed by atoms with van der Waals surface area (Å²) in [4.78, 5) is 12.3. The number of nitrogens with one attached hydrogen (secondary N) is 2. The lowest BCUT2D eigenvalue weighted by Crippen LogP contribution is -2.51. The highest BCUT2D eigenvalue weighted by Gasteiger charge is 2.25. The Morgan fingerprint density at radius 3 is 2.90 bits per heavy atom. The van der Waals surface area contributed by atoms with Crippen LogP contribution in [-0.4, -0.2) is 31.7 Å². The maximum absolute atomic E-state index is 12.3. The highest BCUT2D eigenvalue weighted by atomic mass is 16.5. The van der Waals surface area contributed by atoms with Gasteiger partial charge in [-0.15, -0.1) is 0 Å². The molecule has 0 radical (unpaired) electrons. The van der Waals surface area contributed by atoms with Crippen LogP contribution < -0.4 is 10.6 Å². The maximum atomic E-state index is 12.3. The molecular formula is C16H24N2O2. The number of rotatable bonds is 6. The summed E-state index contributed by atoms with van der Waals surface area (Å²) in [5.74, 6) is 0.0787. The predicted molar refractivity (Wildman–Crippen MR) is 79.5 cm³/mol. The highest BCUT2D eigenvalue weighted by molar-refractivity contribution is 5.82. The van der Waals surface area contributed by atoms with E-state index in [-0.39, 0.29) is 18.0 Å². The van der Waals surface area contributed by atoms with E-state index in [1.54, 1.807) is 7.11 Å². The minimum atomic E-state index is -0.138. The molecule has 2 N–H and O–H groups in total. The number of fused-ring (bicyclic) bond motifs is 1. The van der Waals surface area contributed by atoms with Crippen LogP contribution in [0.25, 0.3) is 0 Å². The molecule has 1 unspecified atom stereocenters. The molecule has 0 bridgehead atoms. The third-order valence-electron chi connectivity index (χ3n) is 3.75. The first-order chi connectivity index (χ1) is 9.74. The van der Waals surface area contributed by atoms with E-state index in [1.165, 1.54) is 11.1 Å². The summed E-state index contributed by atoms with van der Waals surface area (Å²) < 4.78 is 5.17. The largest absolute Gasteiger partial charge is 0.383 e. The van der Waals surface area contributed by atoms with Crippen LogP contribution in [0.1, 0.15) is 30.9 Å². The van der Waals surface area contributed by atoms with Gasteiger partial charge in [0.15, 0.2) is 0 Å². The lowest BCUT2D eigenvalue weighted by molar-refractivity contribution is -0.124. The Hall–Kier alpha value is -1.39. The molecule has 2 rings (SSSR count). The van der Waals surface area contributed by atoms with Crippen LogP contribution in [0.4, 0.5) is 0 Å². The Kier molecular flexibility index (Phi) is 5.56. The van der Waals surface area contributed by atoms with Crippen molar-refractivity contribution in [1.29, 1.82) is 0 Å². The average Bonchev–Trinajstić information content (AvgIpc) is 2.47. The van der Waals surface area contributed by atoms with Crippen LogP contribution in [0.15, 0.2) is 24.3 Å². The number of benzene rings is 1. The summed E-state index contributed by atoms with van der Waals surface area (Å²) >= 11 is 0. The van der Waals surface area contributed by atoms with Crippen LogP contribution in [-0.2, 0) is 22.5 Å². The van der Waals surface area contributed by atoms with Crippen molar-refractivity contribution in [3.05, 3.63) is 35.4 Å². The molecule has 110 valence electrons. The van der Waals surface area contributed by atoms with Crippen LogP contribution in [0.3, 0.4) is 0 Å². The first-order valence-electron chi connectivity index (χ1n) is 7.34. The van der Waals surface area contributed by atoms with Crippen molar-refractivity contribution in [2.45, 2.75) is 44.8 Å². The number of amides is 1. The lowest BCUT2D eigenvalue weighted by Gasteiger charge is -2.27. The SMILES string of the molecule is CCCC(COC)NC(=O)[C@@H]1Cc2ccccc2CN1. The molecule has 20 heavy (non-hydrogen) atoms. The molecule has 4 heteroatoms. The van der Waals surface area contributed by atoms with Crippen molar-refractivity contribution < 1.29 is 9.53 Å². The zero-order valence-corrected chi connectivity index (χ0v) is 12.3. The molecule has 0 aromatic heterocycles. The Balaban J connectivity index is 1.93. The van der Waals surface area contributed by atoms with Gasteiger partial charge in [-0.3, -0.25) is 4.79 Å². The second-order valence-electron chi connectivity index (χ2n) is 5.36. The van der Waals surface area contributed by atoms with Gasteiger partial charge in [-0.05, 0) is 24.0 Å². The number of hydrogen-bond acceptors (Lipinski definition) is 3. The molecule has 0 saturated heterocycles. The Morgan fingerprint density at radius 2 is 2.20 bits per heavy atom. The first-order valence-corrected chi connectivity index (χ1v) is 7.34. The molecule has 1 aliphatic heterocycles. The number of carbonyl (C=O) groups excluding carboxylic acids is 1. The van der Waals surface area contributed by atoms with Gasteiger partial charge in [0.2, 0.25) is 5.91 Å². The molecule has 1 aliphatic rings. The monoisotopic (exact) mass is 276 g/mol. The second-order valence-corrected chi connectivity index (χ2v) is 5.36. The van der Waals surface area contributed by atoms with E-state index in [0.717, 1.165) is 25.8 Å². The Labute approximate surface area is 120 Å². The van der Waals surface area contributed by atoms with E-state index in [1.807, 2.05) is 12.1 Å². The van der Waals surface area contributed by atoms with E-state index in [0.29, 0.717) is 6.61 Å². The summed E-state index contributed by atoms with van der Waals surface area (Å²) in [5.41, 5.74) is 2.56. The fourth-order valence-electron chi connectivity index (χ4n) is 2.69. The van der Waals surface area contributed by atoms with Gasteiger partial charge < -0.3 is 15.4 Å². The van der Waals surface area contributed by atoms with Gasteiger partial charge in [-0.2, -0.15) is 0 Å². The number of ether oxygens (including phenoxy) is 1. The van der Waals surface area contributed by atoms with Crippen LogP contribution >= 0.6 is 0 Å². The third-order valence-corrected chi connectivity index (χ3v) is 3.75. The van der Waals surface area contributed by atoms with Crippen LogP contribution in [0.2, 0.25) is 0 Å². The predicted octanol–water partition coefficient (Wildman–Crippen LogP) is 1.63. The van der Waals surface area contributed by atoms with Gasteiger partial charge in [0.1, 0.15) is 0 Å². The number of hydrogen-bond donors (Lipinski definition) is 2. The maximum Gasteiger partial charge on any atom is 0.237 e. The van der Waals surface area contributed by atoms with Gasteiger partial charge >= 0.3 is 0 Å². The summed E-state index contributed by atoms with van der Waals surface area (Å²) in [6.07, 6.45) is 2.74. The summed E-state index contributed by atoms with van der Waals surface area (Å²) in [7, 11) is 1.67. The quantitative estimate of drug-likeness (QED) is 0.830. The standard InChI is InChI=1S/C16H24N2O2/c1-3-6-14(11-20-2)18-16(19)15-9-12-7-4-5-8-13(12)10-17-15/h4-5,7-8,14-15,17H,3,6,9-11H2,1-2H3,(H,18,19)/t14?,15-/m0/s1. The fourth-order valence-corrected chi connectivity index (χ4v) is 2.69. The summed E-state index contributed by atoms with van der Waals surface area (Å²) in [6.45, 7) is 3.45. The summed E-state index contributed by atoms with van der Waals surface area (Å²) in [5, 5.41) is 6.40. The van der Waals surface area contributed by atoms with Crippen molar-refractivity contribution >= 4 is 5.91 Å². The van der Waals surface area contributed by atoms with Crippen molar-refractivity contribution in [3.63, 3.8) is 0 Å². The molecule has 2 atom stereocenters. The van der Waals surface area contributed by atoms with Crippen molar-refractivity contribution in [2.75, 3.05) is 13.7 Å². The normalized spacial score (nSPS) is 19.2. The van der Waals surface area contributed by atoms with E-state index in [4.69, 9.17) is 4.74 Å². The molecule has 0 spiro atoms. The summed E-state index contributed by atoms with van der Waals surface area (Å²) in [6, 6.07) is 8.26. The van der Waals surface area contributed by atoms with Crippen molar-refractivity contribution in [1.82, 2.24) is 10.6 Å². The zero-order chi connectivity index (χ0) is 14.4. The minimum Gasteiger partial charge on any atom is -0.383 e. The average molecular weight is 276 g/mol. The molecule has 0 fully saturated rings. The molecule has 4 nitrogen and oxygen atoms in total. The third kappa shape index (κ3) is 3.81. The van der Waals surface area contributed by atoms with Gasteiger partial charge in [-0.25, -0.2) is 0 Å². The molecule has 0 saturated carbocycles. The minimum absolute atomic E-state index is 0.0787. The molecule has 0 aliphatic carbocycles. The molecule has 1 heterocycles. The highest BCUT2D eigenvalue weighted by Crippen LogP contribution is 2.16. The molecule has 1 amide bonds.